The molecule has 0 radical (unpaired) electrons. The number of benzene rings is 3. The van der Waals surface area contributed by atoms with Crippen LogP contribution in [0.4, 0.5) is 0 Å². The summed E-state index contributed by atoms with van der Waals surface area (Å²) in [5.74, 6) is 2.87. The molecule has 0 spiro atoms. The number of fused-ring (bicyclic) bond motifs is 1. The Hall–Kier alpha value is -2.76. The number of ether oxygens (including phenoxy) is 4. The summed E-state index contributed by atoms with van der Waals surface area (Å²) in [6.07, 6.45) is 3.66. The molecule has 1 aliphatic heterocycles. The average Bonchev–Trinajstić information content (AvgIpc) is 3.02. The van der Waals surface area contributed by atoms with Crippen molar-refractivity contribution in [2.45, 2.75) is 48.8 Å². The molecule has 6 nitrogen and oxygen atoms in total. The number of nitriles is 1. The van der Waals surface area contributed by atoms with Crippen LogP contribution < -0.4 is 18.9 Å². The quantitative estimate of drug-likeness (QED) is 0.113. The van der Waals surface area contributed by atoms with Crippen LogP contribution in [-0.4, -0.2) is 51.8 Å². The third-order valence-corrected chi connectivity index (χ3v) is 8.78. The van der Waals surface area contributed by atoms with E-state index in [0.29, 0.717) is 11.5 Å². The van der Waals surface area contributed by atoms with E-state index in [-0.39, 0.29) is 5.34 Å². The minimum absolute atomic E-state index is 0.194. The molecule has 0 saturated carbocycles. The molecule has 3 aromatic carbocycles. The van der Waals surface area contributed by atoms with Crippen molar-refractivity contribution in [1.82, 2.24) is 4.90 Å². The highest BCUT2D eigenvalue weighted by atomic mass is 35.5. The largest absolute Gasteiger partial charge is 0.493 e. The molecule has 42 heavy (non-hydrogen) atoms. The first-order chi connectivity index (χ1) is 20.4. The lowest BCUT2D eigenvalue weighted by Gasteiger charge is -2.30. The van der Waals surface area contributed by atoms with Gasteiger partial charge in [0.1, 0.15) is 4.75 Å². The Labute approximate surface area is 264 Å². The van der Waals surface area contributed by atoms with Gasteiger partial charge in [0.05, 0.1) is 39.8 Å². The molecular weight excluding hydrogens is 591 g/mol. The van der Waals surface area contributed by atoms with Gasteiger partial charge in [-0.15, -0.1) is 23.2 Å². The van der Waals surface area contributed by atoms with Gasteiger partial charge < -0.3 is 18.9 Å². The van der Waals surface area contributed by atoms with E-state index in [1.165, 1.54) is 16.7 Å². The summed E-state index contributed by atoms with van der Waals surface area (Å²) in [7, 11) is 6.62. The van der Waals surface area contributed by atoms with Crippen molar-refractivity contribution in [2.24, 2.45) is 0 Å². The van der Waals surface area contributed by atoms with Crippen molar-refractivity contribution in [3.63, 3.8) is 0 Å². The number of halogens is 2. The summed E-state index contributed by atoms with van der Waals surface area (Å²) in [6.45, 7) is 4.97. The molecule has 0 aromatic heterocycles. The first-order valence-corrected chi connectivity index (χ1v) is 15.7. The van der Waals surface area contributed by atoms with Crippen molar-refractivity contribution >= 4 is 35.0 Å². The molecule has 0 bridgehead atoms. The number of aryl methyl sites for hydroxylation is 1. The Morgan fingerprint density at radius 3 is 2.02 bits per heavy atom. The molecule has 1 atom stereocenters. The molecule has 226 valence electrons. The highest BCUT2D eigenvalue weighted by Crippen LogP contribution is 2.47. The number of rotatable bonds is 12. The van der Waals surface area contributed by atoms with Crippen LogP contribution in [0.15, 0.2) is 59.5 Å². The maximum absolute atomic E-state index is 10.6. The van der Waals surface area contributed by atoms with Crippen LogP contribution in [0.25, 0.3) is 0 Å². The Morgan fingerprint density at radius 2 is 1.43 bits per heavy atom. The fourth-order valence-electron chi connectivity index (χ4n) is 5.13. The zero-order valence-corrected chi connectivity index (χ0v) is 27.4. The fourth-order valence-corrected chi connectivity index (χ4v) is 6.35. The molecule has 4 rings (SSSR count). The standard InChI is InChI=1S/C32H38N2O4S.CH2Cl2/c1-23-8-11-27(12-9-23)39-32(22-33,26-10-13-28(35-2)31(20-26)38-5)15-6-7-16-34-17-14-24-18-29(36-3)30(37-4)19-25(24)21-34;2-1-3/h8-13,18-20H,6-7,14-17,21H2,1-5H3;1H2. The lowest BCUT2D eigenvalue weighted by molar-refractivity contribution is 0.246. The van der Waals surface area contributed by atoms with Gasteiger partial charge in [0.15, 0.2) is 23.0 Å². The van der Waals surface area contributed by atoms with Crippen molar-refractivity contribution in [1.29, 1.82) is 5.26 Å². The monoisotopic (exact) mass is 630 g/mol. The average molecular weight is 632 g/mol. The maximum Gasteiger partial charge on any atom is 0.161 e. The van der Waals surface area contributed by atoms with Crippen LogP contribution in [0.5, 0.6) is 23.0 Å². The highest BCUT2D eigenvalue weighted by Gasteiger charge is 2.34. The minimum Gasteiger partial charge on any atom is -0.493 e. The van der Waals surface area contributed by atoms with Gasteiger partial charge >= 0.3 is 0 Å². The molecule has 9 heteroatoms. The second kappa shape index (κ2) is 16.8. The Morgan fingerprint density at radius 1 is 0.833 bits per heavy atom. The van der Waals surface area contributed by atoms with E-state index in [2.05, 4.69) is 54.3 Å². The molecule has 0 amide bonds. The number of hydrogen-bond donors (Lipinski definition) is 0. The number of methoxy groups -OCH3 is 4. The molecule has 1 unspecified atom stereocenters. The third-order valence-electron chi connectivity index (χ3n) is 7.39. The third kappa shape index (κ3) is 8.64. The van der Waals surface area contributed by atoms with Crippen molar-refractivity contribution in [3.05, 3.63) is 76.9 Å². The number of thioether (sulfide) groups is 1. The van der Waals surface area contributed by atoms with E-state index in [0.717, 1.165) is 67.3 Å². The van der Waals surface area contributed by atoms with Gasteiger partial charge in [-0.05, 0) is 92.2 Å². The molecular formula is C33H40Cl2N2O4S. The normalized spacial score (nSPS) is 14.0. The molecule has 0 fully saturated rings. The van der Waals surface area contributed by atoms with E-state index in [1.807, 2.05) is 18.2 Å². The topological polar surface area (TPSA) is 64.0 Å². The van der Waals surface area contributed by atoms with Gasteiger partial charge in [0, 0.05) is 18.0 Å². The van der Waals surface area contributed by atoms with Crippen molar-refractivity contribution < 1.29 is 18.9 Å². The summed E-state index contributed by atoms with van der Waals surface area (Å²) < 4.78 is 21.3. The van der Waals surface area contributed by atoms with E-state index in [9.17, 15) is 5.26 Å². The summed E-state index contributed by atoms with van der Waals surface area (Å²) in [6, 6.07) is 21.1. The van der Waals surface area contributed by atoms with Gasteiger partial charge in [0.25, 0.3) is 0 Å². The molecule has 0 N–H and O–H groups in total. The van der Waals surface area contributed by atoms with Crippen LogP contribution in [0.3, 0.4) is 0 Å². The summed E-state index contributed by atoms with van der Waals surface area (Å²) in [5.41, 5.74) is 4.76. The van der Waals surface area contributed by atoms with E-state index < -0.39 is 4.75 Å². The van der Waals surface area contributed by atoms with Crippen LogP contribution >= 0.6 is 35.0 Å². The molecule has 1 aliphatic rings. The second-order valence-electron chi connectivity index (χ2n) is 9.98. The number of alkyl halides is 2. The van der Waals surface area contributed by atoms with Crippen LogP contribution in [-0.2, 0) is 17.7 Å². The molecule has 0 saturated heterocycles. The highest BCUT2D eigenvalue weighted by molar-refractivity contribution is 8.00. The number of hydrogen-bond acceptors (Lipinski definition) is 7. The van der Waals surface area contributed by atoms with Gasteiger partial charge in [-0.3, -0.25) is 4.90 Å². The number of nitrogens with zero attached hydrogens (tertiary/aromatic N) is 2. The minimum atomic E-state index is -0.743. The maximum atomic E-state index is 10.6. The van der Waals surface area contributed by atoms with E-state index >= 15 is 0 Å². The van der Waals surface area contributed by atoms with Crippen LogP contribution in [0.2, 0.25) is 0 Å². The lowest BCUT2D eigenvalue weighted by Crippen LogP contribution is -2.31. The SMILES string of the molecule is COc1ccc(C(C#N)(CCCCN2CCc3cc(OC)c(OC)cc3C2)Sc2ccc(C)cc2)cc1OC.ClCCl. The van der Waals surface area contributed by atoms with E-state index in [1.54, 1.807) is 40.2 Å². The summed E-state index contributed by atoms with van der Waals surface area (Å²) >= 11 is 11.1. The number of unbranched alkanes of at least 4 members (excludes halogenated alkanes) is 1. The van der Waals surface area contributed by atoms with Gasteiger partial charge in [0.2, 0.25) is 0 Å². The van der Waals surface area contributed by atoms with E-state index in [4.69, 9.17) is 42.1 Å². The predicted molar refractivity (Wildman–Crippen MR) is 173 cm³/mol. The van der Waals surface area contributed by atoms with Crippen molar-refractivity contribution in [3.8, 4) is 29.1 Å². The van der Waals surface area contributed by atoms with Crippen molar-refractivity contribution in [2.75, 3.05) is 46.9 Å². The summed E-state index contributed by atoms with van der Waals surface area (Å²) in [4.78, 5) is 3.57. The fraction of sp³-hybridized carbons (Fsp3) is 0.424. The summed E-state index contributed by atoms with van der Waals surface area (Å²) in [5, 5.41) is 10.8. The van der Waals surface area contributed by atoms with Crippen LogP contribution in [0, 0.1) is 18.3 Å². The first-order valence-electron chi connectivity index (χ1n) is 13.8. The Kier molecular flexibility index (Phi) is 13.5. The predicted octanol–water partition coefficient (Wildman–Crippen LogP) is 8.19. The Balaban J connectivity index is 0.00000155. The molecule has 0 aliphatic carbocycles. The lowest BCUT2D eigenvalue weighted by atomic mass is 9.93. The Bertz CT molecular complexity index is 1330. The zero-order chi connectivity index (χ0) is 30.5. The smallest absolute Gasteiger partial charge is 0.161 e. The first kappa shape index (κ1) is 33.7. The molecule has 1 heterocycles. The van der Waals surface area contributed by atoms with Gasteiger partial charge in [-0.2, -0.15) is 5.26 Å². The zero-order valence-electron chi connectivity index (χ0n) is 25.0. The van der Waals surface area contributed by atoms with Crippen LogP contribution in [0.1, 0.15) is 41.5 Å². The van der Waals surface area contributed by atoms with Gasteiger partial charge in [-0.1, -0.05) is 35.5 Å². The molecule has 3 aromatic rings. The van der Waals surface area contributed by atoms with Gasteiger partial charge in [-0.25, -0.2) is 0 Å². The second-order valence-corrected chi connectivity index (χ2v) is 12.2.